The number of carbonyl (C=O) groups is 2. The van der Waals surface area contributed by atoms with Gasteiger partial charge < -0.3 is 20.7 Å². The third kappa shape index (κ3) is 3.23. The Balaban J connectivity index is 2.01. The van der Waals surface area contributed by atoms with Gasteiger partial charge in [0, 0.05) is 32.7 Å². The minimum atomic E-state index is -0.633. The van der Waals surface area contributed by atoms with Gasteiger partial charge in [-0.1, -0.05) is 0 Å². The molecule has 0 aromatic rings. The minimum absolute atomic E-state index is 0.0333. The van der Waals surface area contributed by atoms with Gasteiger partial charge >= 0.3 is 0 Å². The van der Waals surface area contributed by atoms with E-state index >= 15 is 0 Å². The highest BCUT2D eigenvalue weighted by Crippen LogP contribution is 2.12. The molecule has 0 aromatic carbocycles. The first-order chi connectivity index (χ1) is 9.11. The number of primary amides is 1. The Morgan fingerprint density at radius 3 is 2.63 bits per heavy atom. The maximum Gasteiger partial charge on any atom is 0.242 e. The summed E-state index contributed by atoms with van der Waals surface area (Å²) in [5, 5.41) is 3.25. The van der Waals surface area contributed by atoms with Crippen molar-refractivity contribution in [3.63, 3.8) is 0 Å². The molecule has 0 aromatic heterocycles. The van der Waals surface area contributed by atoms with Crippen LogP contribution >= 0.6 is 0 Å². The molecule has 7 heteroatoms. The molecular weight excluding hydrogens is 248 g/mol. The zero-order valence-corrected chi connectivity index (χ0v) is 11.3. The third-order valence-electron chi connectivity index (χ3n) is 3.80. The van der Waals surface area contributed by atoms with E-state index in [0.717, 1.165) is 26.2 Å². The molecule has 2 heterocycles. The average Bonchev–Trinajstić information content (AvgIpc) is 2.46. The van der Waals surface area contributed by atoms with Gasteiger partial charge in [0.1, 0.15) is 6.04 Å². The zero-order chi connectivity index (χ0) is 13.8. The van der Waals surface area contributed by atoms with Gasteiger partial charge in [-0.25, -0.2) is 0 Å². The van der Waals surface area contributed by atoms with Crippen LogP contribution in [0.2, 0.25) is 0 Å². The van der Waals surface area contributed by atoms with Gasteiger partial charge in [-0.15, -0.1) is 0 Å². The van der Waals surface area contributed by atoms with E-state index < -0.39 is 11.9 Å². The van der Waals surface area contributed by atoms with Crippen molar-refractivity contribution in [3.05, 3.63) is 0 Å². The Kier molecular flexibility index (Phi) is 4.73. The second-order valence-electron chi connectivity index (χ2n) is 4.99. The molecule has 2 fully saturated rings. The molecule has 2 aliphatic heterocycles. The molecule has 19 heavy (non-hydrogen) atoms. The lowest BCUT2D eigenvalue weighted by atomic mass is 10.1. The molecule has 2 saturated heterocycles. The number of morpholine rings is 1. The number of hydrogen-bond acceptors (Lipinski definition) is 5. The summed E-state index contributed by atoms with van der Waals surface area (Å²) < 4.78 is 5.23. The summed E-state index contributed by atoms with van der Waals surface area (Å²) in [6, 6.07) is -0.853. The molecule has 108 valence electrons. The fraction of sp³-hybridized carbons (Fsp3) is 0.833. The first-order valence-electron chi connectivity index (χ1n) is 6.73. The molecule has 0 aliphatic carbocycles. The third-order valence-corrected chi connectivity index (χ3v) is 3.80. The molecule has 2 rings (SSSR count). The van der Waals surface area contributed by atoms with E-state index in [-0.39, 0.29) is 18.6 Å². The largest absolute Gasteiger partial charge is 0.377 e. The SMILES string of the molecule is CC(C(=O)N1CCOCC1C(N)=O)N1CCNCC1. The second-order valence-corrected chi connectivity index (χ2v) is 4.99. The normalized spacial score (nSPS) is 27.0. The highest BCUT2D eigenvalue weighted by atomic mass is 16.5. The number of ether oxygens (including phenoxy) is 1. The summed E-state index contributed by atoms with van der Waals surface area (Å²) >= 11 is 0. The van der Waals surface area contributed by atoms with Gasteiger partial charge in [-0.3, -0.25) is 14.5 Å². The molecule has 2 unspecified atom stereocenters. The van der Waals surface area contributed by atoms with Crippen LogP contribution in [0.5, 0.6) is 0 Å². The summed E-state index contributed by atoms with van der Waals surface area (Å²) in [4.78, 5) is 27.6. The highest BCUT2D eigenvalue weighted by Gasteiger charge is 2.35. The van der Waals surface area contributed by atoms with E-state index in [1.165, 1.54) is 0 Å². The number of hydrogen-bond donors (Lipinski definition) is 2. The molecule has 0 bridgehead atoms. The number of nitrogens with one attached hydrogen (secondary N) is 1. The van der Waals surface area contributed by atoms with Crippen molar-refractivity contribution in [2.24, 2.45) is 5.73 Å². The smallest absolute Gasteiger partial charge is 0.242 e. The number of carbonyl (C=O) groups excluding carboxylic acids is 2. The predicted molar refractivity (Wildman–Crippen MR) is 69.4 cm³/mol. The Bertz CT molecular complexity index is 344. The molecule has 2 atom stereocenters. The fourth-order valence-electron chi connectivity index (χ4n) is 2.57. The van der Waals surface area contributed by atoms with Crippen molar-refractivity contribution in [1.82, 2.24) is 15.1 Å². The van der Waals surface area contributed by atoms with Gasteiger partial charge in [0.2, 0.25) is 11.8 Å². The number of nitrogens with zero attached hydrogens (tertiary/aromatic N) is 2. The first-order valence-corrected chi connectivity index (χ1v) is 6.73. The van der Waals surface area contributed by atoms with E-state index in [2.05, 4.69) is 10.2 Å². The summed E-state index contributed by atoms with van der Waals surface area (Å²) in [6.45, 7) is 6.46. The summed E-state index contributed by atoms with van der Waals surface area (Å²) in [5.41, 5.74) is 5.34. The molecule has 0 spiro atoms. The van der Waals surface area contributed by atoms with Gasteiger partial charge in [0.05, 0.1) is 19.3 Å². The van der Waals surface area contributed by atoms with Crippen LogP contribution in [0.15, 0.2) is 0 Å². The van der Waals surface area contributed by atoms with Crippen molar-refractivity contribution in [1.29, 1.82) is 0 Å². The number of piperazine rings is 1. The van der Waals surface area contributed by atoms with Crippen LogP contribution in [0.1, 0.15) is 6.92 Å². The van der Waals surface area contributed by atoms with Crippen LogP contribution in [-0.4, -0.2) is 79.6 Å². The summed E-state index contributed by atoms with van der Waals surface area (Å²) in [7, 11) is 0. The Labute approximate surface area is 113 Å². The number of amides is 2. The maximum absolute atomic E-state index is 12.5. The molecule has 2 amide bonds. The first kappa shape index (κ1) is 14.2. The van der Waals surface area contributed by atoms with Gasteiger partial charge in [-0.2, -0.15) is 0 Å². The van der Waals surface area contributed by atoms with Crippen molar-refractivity contribution in [2.75, 3.05) is 45.9 Å². The average molecular weight is 270 g/mol. The molecule has 7 nitrogen and oxygen atoms in total. The van der Waals surface area contributed by atoms with Crippen LogP contribution in [0.4, 0.5) is 0 Å². The topological polar surface area (TPSA) is 87.9 Å². The van der Waals surface area contributed by atoms with Crippen LogP contribution in [0.25, 0.3) is 0 Å². The van der Waals surface area contributed by atoms with E-state index in [9.17, 15) is 9.59 Å². The Hall–Kier alpha value is -1.18. The zero-order valence-electron chi connectivity index (χ0n) is 11.3. The molecule has 2 aliphatic rings. The highest BCUT2D eigenvalue weighted by molar-refractivity contribution is 5.89. The molecular formula is C12H22N4O3. The summed E-state index contributed by atoms with van der Waals surface area (Å²) in [6.07, 6.45) is 0. The Morgan fingerprint density at radius 2 is 2.00 bits per heavy atom. The van der Waals surface area contributed by atoms with Gasteiger partial charge in [-0.05, 0) is 6.92 Å². The van der Waals surface area contributed by atoms with Crippen LogP contribution in [-0.2, 0) is 14.3 Å². The van der Waals surface area contributed by atoms with Crippen molar-refractivity contribution in [3.8, 4) is 0 Å². The van der Waals surface area contributed by atoms with Gasteiger partial charge in [0.15, 0.2) is 0 Å². The van der Waals surface area contributed by atoms with Crippen molar-refractivity contribution < 1.29 is 14.3 Å². The standard InChI is InChI=1S/C12H22N4O3/c1-9(15-4-2-14-3-5-15)12(18)16-6-7-19-8-10(16)11(13)17/h9-10,14H,2-8H2,1H3,(H2,13,17). The minimum Gasteiger partial charge on any atom is -0.377 e. The predicted octanol–water partition coefficient (Wildman–Crippen LogP) is -2.01. The lowest BCUT2D eigenvalue weighted by Gasteiger charge is -2.39. The maximum atomic E-state index is 12.5. The quantitative estimate of drug-likeness (QED) is 0.619. The second kappa shape index (κ2) is 6.31. The van der Waals surface area contributed by atoms with E-state index in [1.54, 1.807) is 4.90 Å². The number of nitrogens with two attached hydrogens (primary N) is 1. The molecule has 0 saturated carbocycles. The van der Waals surface area contributed by atoms with E-state index in [4.69, 9.17) is 10.5 Å². The van der Waals surface area contributed by atoms with E-state index in [0.29, 0.717) is 13.2 Å². The molecule has 3 N–H and O–H groups in total. The fourth-order valence-corrected chi connectivity index (χ4v) is 2.57. The lowest BCUT2D eigenvalue weighted by Crippen LogP contribution is -2.60. The van der Waals surface area contributed by atoms with Crippen LogP contribution in [0.3, 0.4) is 0 Å². The van der Waals surface area contributed by atoms with Crippen molar-refractivity contribution in [2.45, 2.75) is 19.0 Å². The van der Waals surface area contributed by atoms with Gasteiger partial charge in [0.25, 0.3) is 0 Å². The van der Waals surface area contributed by atoms with Crippen molar-refractivity contribution >= 4 is 11.8 Å². The Morgan fingerprint density at radius 1 is 1.32 bits per heavy atom. The molecule has 0 radical (unpaired) electrons. The number of rotatable bonds is 3. The monoisotopic (exact) mass is 270 g/mol. The summed E-state index contributed by atoms with van der Waals surface area (Å²) in [5.74, 6) is -0.533. The lowest BCUT2D eigenvalue weighted by molar-refractivity contribution is -0.151. The van der Waals surface area contributed by atoms with E-state index in [1.807, 2.05) is 6.92 Å². The van der Waals surface area contributed by atoms with Crippen LogP contribution < -0.4 is 11.1 Å². The van der Waals surface area contributed by atoms with Crippen LogP contribution in [0, 0.1) is 0 Å².